The molecule has 2 fully saturated rings. The van der Waals surface area contributed by atoms with Crippen molar-refractivity contribution in [2.24, 2.45) is 0 Å². The molecule has 0 saturated carbocycles. The Bertz CT molecular complexity index is 1160. The molecule has 6 nitrogen and oxygen atoms in total. The number of thiazole rings is 1. The average molecular weight is 469 g/mol. The minimum atomic E-state index is -0.454. The summed E-state index contributed by atoms with van der Waals surface area (Å²) in [7, 11) is 0. The van der Waals surface area contributed by atoms with Gasteiger partial charge in [0.1, 0.15) is 11.6 Å². The van der Waals surface area contributed by atoms with Crippen molar-refractivity contribution in [1.29, 1.82) is 0 Å². The second kappa shape index (κ2) is 8.99. The summed E-state index contributed by atoms with van der Waals surface area (Å²) in [6, 6.07) is 10.4. The molecule has 0 N–H and O–H groups in total. The fraction of sp³-hybridized carbons (Fsp3) is 0.292. The summed E-state index contributed by atoms with van der Waals surface area (Å²) in [5, 5.41) is 2.29. The number of carbonyl (C=O) groups excluding carboxylic acids is 2. The van der Waals surface area contributed by atoms with Gasteiger partial charge < -0.3 is 9.80 Å². The number of amides is 2. The van der Waals surface area contributed by atoms with Crippen molar-refractivity contribution in [2.75, 3.05) is 37.6 Å². The second-order valence-electron chi connectivity index (χ2n) is 8.20. The Balaban J connectivity index is 1.23. The maximum atomic E-state index is 14.8. The Labute approximate surface area is 194 Å². The smallest absolute Gasteiger partial charge is 0.282 e. The van der Waals surface area contributed by atoms with Crippen LogP contribution in [0.4, 0.5) is 14.5 Å². The van der Waals surface area contributed by atoms with Crippen molar-refractivity contribution in [3.63, 3.8) is 0 Å². The van der Waals surface area contributed by atoms with Gasteiger partial charge in [-0.2, -0.15) is 0 Å². The van der Waals surface area contributed by atoms with E-state index in [9.17, 15) is 18.4 Å². The number of hydrogen-bond donors (Lipinski definition) is 0. The van der Waals surface area contributed by atoms with Crippen molar-refractivity contribution in [3.05, 3.63) is 70.7 Å². The van der Waals surface area contributed by atoms with E-state index in [0.717, 1.165) is 0 Å². The first-order valence-corrected chi connectivity index (χ1v) is 11.7. The molecule has 0 aliphatic carbocycles. The number of nitrogens with zero attached hydrogens (tertiary/aromatic N) is 4. The molecule has 9 heteroatoms. The van der Waals surface area contributed by atoms with Crippen LogP contribution in [0.15, 0.2) is 54.0 Å². The van der Waals surface area contributed by atoms with Crippen molar-refractivity contribution < 1.29 is 18.4 Å². The molecule has 1 unspecified atom stereocenters. The van der Waals surface area contributed by atoms with E-state index in [4.69, 9.17) is 0 Å². The molecule has 3 heterocycles. The zero-order chi connectivity index (χ0) is 22.9. The van der Waals surface area contributed by atoms with Crippen LogP contribution >= 0.6 is 11.3 Å². The lowest BCUT2D eigenvalue weighted by atomic mass is 10.0. The van der Waals surface area contributed by atoms with Crippen LogP contribution in [0.3, 0.4) is 0 Å². The molecule has 170 valence electrons. The van der Waals surface area contributed by atoms with Gasteiger partial charge in [-0.25, -0.2) is 13.8 Å². The van der Waals surface area contributed by atoms with Crippen LogP contribution in [-0.4, -0.2) is 65.4 Å². The third kappa shape index (κ3) is 4.38. The standard InChI is InChI=1S/C24H22F2N4O2S/c25-17-3-1-16(2-4-17)20-6-5-18(13-21(20)26)30-15-19(14-22(30)31)28-8-10-29(11-9-28)24(32)23-27-7-12-33-23/h1-7,12-13,19H,8-11,14-15H2. The van der Waals surface area contributed by atoms with Crippen molar-refractivity contribution in [2.45, 2.75) is 12.5 Å². The number of halogens is 2. The molecule has 0 bridgehead atoms. The SMILES string of the molecule is O=C(c1nccs1)N1CCN(C2CC(=O)N(c3ccc(-c4ccc(F)cc4)c(F)c3)C2)CC1. The number of anilines is 1. The summed E-state index contributed by atoms with van der Waals surface area (Å²) < 4.78 is 28.0. The van der Waals surface area contributed by atoms with Gasteiger partial charge in [-0.15, -0.1) is 11.3 Å². The number of benzene rings is 2. The topological polar surface area (TPSA) is 56.8 Å². The van der Waals surface area contributed by atoms with E-state index in [1.807, 2.05) is 0 Å². The van der Waals surface area contributed by atoms with Crippen molar-refractivity contribution in [3.8, 4) is 11.1 Å². The summed E-state index contributed by atoms with van der Waals surface area (Å²) >= 11 is 1.34. The highest BCUT2D eigenvalue weighted by Crippen LogP contribution is 2.30. The highest BCUT2D eigenvalue weighted by molar-refractivity contribution is 7.11. The third-order valence-corrected chi connectivity index (χ3v) is 7.02. The first-order valence-electron chi connectivity index (χ1n) is 10.8. The van der Waals surface area contributed by atoms with Crippen LogP contribution in [-0.2, 0) is 4.79 Å². The summed E-state index contributed by atoms with van der Waals surface area (Å²) in [6.07, 6.45) is 1.99. The predicted molar refractivity (Wildman–Crippen MR) is 122 cm³/mol. The van der Waals surface area contributed by atoms with Gasteiger partial charge in [-0.1, -0.05) is 12.1 Å². The molecule has 0 spiro atoms. The summed E-state index contributed by atoms with van der Waals surface area (Å²) in [5.41, 5.74) is 1.46. The number of piperazine rings is 1. The van der Waals surface area contributed by atoms with E-state index in [-0.39, 0.29) is 23.7 Å². The minimum Gasteiger partial charge on any atom is -0.334 e. The second-order valence-corrected chi connectivity index (χ2v) is 9.09. The van der Waals surface area contributed by atoms with Gasteiger partial charge >= 0.3 is 0 Å². The lowest BCUT2D eigenvalue weighted by Gasteiger charge is -2.37. The maximum absolute atomic E-state index is 14.8. The molecule has 1 atom stereocenters. The van der Waals surface area contributed by atoms with Gasteiger partial charge in [0.15, 0.2) is 5.01 Å². The van der Waals surface area contributed by atoms with Gasteiger partial charge in [0.25, 0.3) is 5.91 Å². The number of rotatable bonds is 4. The molecule has 2 saturated heterocycles. The van der Waals surface area contributed by atoms with Crippen LogP contribution < -0.4 is 4.90 Å². The van der Waals surface area contributed by atoms with Crippen LogP contribution in [0.25, 0.3) is 11.1 Å². The molecule has 5 rings (SSSR count). The lowest BCUT2D eigenvalue weighted by Crippen LogP contribution is -2.52. The van der Waals surface area contributed by atoms with E-state index in [0.29, 0.717) is 61.0 Å². The van der Waals surface area contributed by atoms with Crippen LogP contribution in [0, 0.1) is 11.6 Å². The molecule has 2 aromatic carbocycles. The van der Waals surface area contributed by atoms with Gasteiger partial charge in [0.2, 0.25) is 5.91 Å². The average Bonchev–Trinajstić information content (AvgIpc) is 3.50. The first kappa shape index (κ1) is 21.7. The fourth-order valence-corrected chi connectivity index (χ4v) is 5.08. The van der Waals surface area contributed by atoms with Crippen LogP contribution in [0.5, 0.6) is 0 Å². The van der Waals surface area contributed by atoms with Gasteiger partial charge in [0.05, 0.1) is 0 Å². The quantitative estimate of drug-likeness (QED) is 0.587. The van der Waals surface area contributed by atoms with Gasteiger partial charge in [-0.05, 0) is 35.9 Å². The Kier molecular flexibility index (Phi) is 5.90. The van der Waals surface area contributed by atoms with E-state index in [1.54, 1.807) is 33.5 Å². The Morgan fingerprint density at radius 3 is 2.45 bits per heavy atom. The lowest BCUT2D eigenvalue weighted by molar-refractivity contribution is -0.117. The molecular weight excluding hydrogens is 446 g/mol. The highest BCUT2D eigenvalue weighted by Gasteiger charge is 2.36. The molecule has 2 aliphatic heterocycles. The number of hydrogen-bond acceptors (Lipinski definition) is 5. The minimum absolute atomic E-state index is 0.0226. The fourth-order valence-electron chi connectivity index (χ4n) is 4.47. The van der Waals surface area contributed by atoms with E-state index in [1.165, 1.54) is 41.7 Å². The Hall–Kier alpha value is -3.17. The van der Waals surface area contributed by atoms with Crippen LogP contribution in [0.1, 0.15) is 16.2 Å². The molecule has 3 aromatic rings. The third-order valence-electron chi connectivity index (χ3n) is 6.26. The highest BCUT2D eigenvalue weighted by atomic mass is 32.1. The Morgan fingerprint density at radius 2 is 1.79 bits per heavy atom. The number of carbonyl (C=O) groups is 2. The zero-order valence-electron chi connectivity index (χ0n) is 17.8. The van der Waals surface area contributed by atoms with E-state index in [2.05, 4.69) is 9.88 Å². The normalized spacial score (nSPS) is 19.3. The van der Waals surface area contributed by atoms with E-state index < -0.39 is 5.82 Å². The van der Waals surface area contributed by atoms with Crippen molar-refractivity contribution in [1.82, 2.24) is 14.8 Å². The summed E-state index contributed by atoms with van der Waals surface area (Å²) in [4.78, 5) is 35.0. The van der Waals surface area contributed by atoms with Crippen molar-refractivity contribution >= 4 is 28.8 Å². The zero-order valence-corrected chi connectivity index (χ0v) is 18.6. The largest absolute Gasteiger partial charge is 0.334 e. The molecule has 1 aromatic heterocycles. The Morgan fingerprint density at radius 1 is 1.03 bits per heavy atom. The van der Waals surface area contributed by atoms with Crippen LogP contribution in [0.2, 0.25) is 0 Å². The van der Waals surface area contributed by atoms with Gasteiger partial charge in [-0.3, -0.25) is 14.5 Å². The molecule has 2 aliphatic rings. The summed E-state index contributed by atoms with van der Waals surface area (Å²) in [5.74, 6) is -0.928. The summed E-state index contributed by atoms with van der Waals surface area (Å²) in [6.45, 7) is 3.02. The number of aromatic nitrogens is 1. The monoisotopic (exact) mass is 468 g/mol. The molecule has 2 amide bonds. The predicted octanol–water partition coefficient (Wildman–Crippen LogP) is 3.65. The molecule has 0 radical (unpaired) electrons. The molecule has 33 heavy (non-hydrogen) atoms. The van der Waals surface area contributed by atoms with Gasteiger partial charge in [0, 0.05) is 68.0 Å². The van der Waals surface area contributed by atoms with E-state index >= 15 is 0 Å². The first-order chi connectivity index (χ1) is 16.0. The molecular formula is C24H22F2N4O2S. The maximum Gasteiger partial charge on any atom is 0.282 e.